The lowest BCUT2D eigenvalue weighted by Gasteiger charge is -2.32. The number of imidazole rings is 1. The van der Waals surface area contributed by atoms with Gasteiger partial charge in [-0.05, 0) is 54.7 Å². The molecule has 1 aliphatic rings. The van der Waals surface area contributed by atoms with Gasteiger partial charge < -0.3 is 18.6 Å². The quantitative estimate of drug-likeness (QED) is 0.376. The Hall–Kier alpha value is -4.33. The zero-order chi connectivity index (χ0) is 26.2. The molecular weight excluding hydrogens is 487 g/mol. The maximum absolute atomic E-state index is 13.0. The lowest BCUT2D eigenvalue weighted by atomic mass is 9.88. The average molecular weight is 509 g/mol. The van der Waals surface area contributed by atoms with Gasteiger partial charge in [0.05, 0.1) is 41.8 Å². The molecule has 2 aromatic carbocycles. The Morgan fingerprint density at radius 1 is 1.19 bits per heavy atom. The molecule has 190 valence electrons. The molecule has 0 saturated carbocycles. The molecule has 0 spiro atoms. The SMILES string of the molecule is COc1cc(C2CCN(C(=O)Cn3cnc4cc(C(F)(F)F)ccc43)CC2)ccc1-c1cnc(C#N)o1. The van der Waals surface area contributed by atoms with Crippen LogP contribution in [0.1, 0.15) is 35.8 Å². The van der Waals surface area contributed by atoms with Gasteiger partial charge in [0.15, 0.2) is 11.8 Å². The molecule has 0 unspecified atom stereocenters. The van der Waals surface area contributed by atoms with Gasteiger partial charge >= 0.3 is 12.1 Å². The molecule has 0 bridgehead atoms. The lowest BCUT2D eigenvalue weighted by Crippen LogP contribution is -2.39. The van der Waals surface area contributed by atoms with Gasteiger partial charge in [0.25, 0.3) is 0 Å². The lowest BCUT2D eigenvalue weighted by molar-refractivity contribution is -0.137. The summed E-state index contributed by atoms with van der Waals surface area (Å²) < 4.78 is 51.4. The van der Waals surface area contributed by atoms with Gasteiger partial charge in [-0.1, -0.05) is 6.07 Å². The van der Waals surface area contributed by atoms with Gasteiger partial charge in [-0.3, -0.25) is 4.79 Å². The summed E-state index contributed by atoms with van der Waals surface area (Å²) in [5.41, 5.74) is 1.69. The van der Waals surface area contributed by atoms with Crippen LogP contribution in [0.3, 0.4) is 0 Å². The van der Waals surface area contributed by atoms with E-state index in [0.29, 0.717) is 35.7 Å². The predicted molar refractivity (Wildman–Crippen MR) is 126 cm³/mol. The highest BCUT2D eigenvalue weighted by Gasteiger charge is 2.31. The van der Waals surface area contributed by atoms with E-state index in [1.165, 1.54) is 18.6 Å². The highest BCUT2D eigenvalue weighted by Crippen LogP contribution is 2.36. The molecule has 4 aromatic rings. The molecule has 1 saturated heterocycles. The zero-order valence-corrected chi connectivity index (χ0v) is 19.8. The first-order valence-electron chi connectivity index (χ1n) is 11.6. The van der Waals surface area contributed by atoms with Crippen molar-refractivity contribution in [1.29, 1.82) is 5.26 Å². The Morgan fingerprint density at radius 3 is 2.65 bits per heavy atom. The number of amides is 1. The van der Waals surface area contributed by atoms with Gasteiger partial charge in [0.1, 0.15) is 12.3 Å². The molecule has 0 N–H and O–H groups in total. The number of benzene rings is 2. The maximum Gasteiger partial charge on any atom is 0.416 e. The number of carbonyl (C=O) groups is 1. The fourth-order valence-corrected chi connectivity index (χ4v) is 4.69. The van der Waals surface area contributed by atoms with E-state index in [9.17, 15) is 18.0 Å². The number of carbonyl (C=O) groups excluding carboxylic acids is 1. The van der Waals surface area contributed by atoms with Crippen LogP contribution in [-0.4, -0.2) is 45.5 Å². The number of halogens is 3. The molecule has 5 rings (SSSR count). The van der Waals surface area contributed by atoms with Gasteiger partial charge in [-0.25, -0.2) is 9.97 Å². The molecule has 8 nitrogen and oxygen atoms in total. The number of nitriles is 1. The molecule has 2 aromatic heterocycles. The third kappa shape index (κ3) is 4.87. The standard InChI is InChI=1S/C26H22F3N5O3/c1-36-22-10-17(2-4-19(22)23-13-31-24(12-30)37-23)16-6-8-33(9-7-16)25(35)14-34-15-32-20-11-18(26(27,28)29)3-5-21(20)34/h2-5,10-11,13,15-16H,6-9,14H2,1H3. The number of likely N-dealkylation sites (tertiary alicyclic amines) is 1. The van der Waals surface area contributed by atoms with Gasteiger partial charge in [0.2, 0.25) is 5.91 Å². The number of hydrogen-bond donors (Lipinski definition) is 0. The summed E-state index contributed by atoms with van der Waals surface area (Å²) in [5.74, 6) is 1.16. The Bertz CT molecular complexity index is 1490. The number of fused-ring (bicyclic) bond motifs is 1. The normalized spacial score (nSPS) is 14.6. The molecule has 1 fully saturated rings. The number of hydrogen-bond acceptors (Lipinski definition) is 6. The topological polar surface area (TPSA) is 97.2 Å². The number of methoxy groups -OCH3 is 1. The van der Waals surface area contributed by atoms with E-state index in [1.807, 2.05) is 24.3 Å². The van der Waals surface area contributed by atoms with Crippen LogP contribution in [0.4, 0.5) is 13.2 Å². The molecular formula is C26H22F3N5O3. The highest BCUT2D eigenvalue weighted by molar-refractivity contribution is 5.81. The third-order valence-corrected chi connectivity index (χ3v) is 6.67. The van der Waals surface area contributed by atoms with Crippen LogP contribution in [0.5, 0.6) is 5.75 Å². The molecule has 37 heavy (non-hydrogen) atoms. The monoisotopic (exact) mass is 509 g/mol. The van der Waals surface area contributed by atoms with Crippen LogP contribution in [0.15, 0.2) is 53.3 Å². The van der Waals surface area contributed by atoms with Crippen molar-refractivity contribution in [1.82, 2.24) is 19.4 Å². The smallest absolute Gasteiger partial charge is 0.416 e. The zero-order valence-electron chi connectivity index (χ0n) is 19.8. The van der Waals surface area contributed by atoms with Crippen LogP contribution < -0.4 is 4.74 Å². The summed E-state index contributed by atoms with van der Waals surface area (Å²) in [6.07, 6.45) is -0.0425. The first kappa shape index (κ1) is 24.4. The van der Waals surface area contributed by atoms with Crippen molar-refractivity contribution in [2.45, 2.75) is 31.5 Å². The van der Waals surface area contributed by atoms with Crippen LogP contribution >= 0.6 is 0 Å². The van der Waals surface area contributed by atoms with E-state index < -0.39 is 11.7 Å². The number of nitrogens with zero attached hydrogens (tertiary/aromatic N) is 5. The summed E-state index contributed by atoms with van der Waals surface area (Å²) in [6, 6.07) is 11.0. The van der Waals surface area contributed by atoms with Crippen molar-refractivity contribution >= 4 is 16.9 Å². The third-order valence-electron chi connectivity index (χ3n) is 6.67. The number of alkyl halides is 3. The van der Waals surface area contributed by atoms with Gasteiger partial charge in [-0.2, -0.15) is 18.4 Å². The van der Waals surface area contributed by atoms with Crippen molar-refractivity contribution in [3.8, 4) is 23.1 Å². The molecule has 1 aliphatic heterocycles. The fourth-order valence-electron chi connectivity index (χ4n) is 4.69. The number of aromatic nitrogens is 3. The number of piperidine rings is 1. The van der Waals surface area contributed by atoms with Crippen molar-refractivity contribution < 1.29 is 27.1 Å². The van der Waals surface area contributed by atoms with Crippen molar-refractivity contribution in [3.05, 3.63) is 65.9 Å². The fraction of sp³-hybridized carbons (Fsp3) is 0.308. The number of rotatable bonds is 5. The van der Waals surface area contributed by atoms with Gasteiger partial charge in [-0.15, -0.1) is 0 Å². The first-order valence-corrected chi connectivity index (χ1v) is 11.6. The minimum atomic E-state index is -4.45. The Balaban J connectivity index is 1.23. The molecule has 0 aliphatic carbocycles. The van der Waals surface area contributed by atoms with Crippen molar-refractivity contribution in [2.24, 2.45) is 0 Å². The van der Waals surface area contributed by atoms with E-state index >= 15 is 0 Å². The summed E-state index contributed by atoms with van der Waals surface area (Å²) in [6.45, 7) is 1.13. The Kier molecular flexibility index (Phi) is 6.33. The average Bonchev–Trinajstić information content (AvgIpc) is 3.55. The number of oxazole rings is 1. The minimum absolute atomic E-state index is 0.0108. The van der Waals surface area contributed by atoms with E-state index in [-0.39, 0.29) is 29.8 Å². The van der Waals surface area contributed by atoms with Crippen LogP contribution in [0, 0.1) is 11.3 Å². The molecule has 0 radical (unpaired) electrons. The molecule has 11 heteroatoms. The second kappa shape index (κ2) is 9.61. The second-order valence-electron chi connectivity index (χ2n) is 8.83. The maximum atomic E-state index is 13.0. The van der Waals surface area contributed by atoms with E-state index in [2.05, 4.69) is 9.97 Å². The molecule has 3 heterocycles. The van der Waals surface area contributed by atoms with Crippen molar-refractivity contribution in [2.75, 3.05) is 20.2 Å². The van der Waals surface area contributed by atoms with Crippen molar-refractivity contribution in [3.63, 3.8) is 0 Å². The molecule has 1 amide bonds. The van der Waals surface area contributed by atoms with E-state index in [4.69, 9.17) is 14.4 Å². The highest BCUT2D eigenvalue weighted by atomic mass is 19.4. The summed E-state index contributed by atoms with van der Waals surface area (Å²) in [4.78, 5) is 22.7. The summed E-state index contributed by atoms with van der Waals surface area (Å²) >= 11 is 0. The Morgan fingerprint density at radius 2 is 1.97 bits per heavy atom. The molecule has 0 atom stereocenters. The Labute approximate surface area is 209 Å². The van der Waals surface area contributed by atoms with E-state index in [1.54, 1.807) is 16.6 Å². The second-order valence-corrected chi connectivity index (χ2v) is 8.83. The number of ether oxygens (including phenoxy) is 1. The van der Waals surface area contributed by atoms with Crippen LogP contribution in [0.25, 0.3) is 22.4 Å². The first-order chi connectivity index (χ1) is 17.8. The van der Waals surface area contributed by atoms with Crippen LogP contribution in [0.2, 0.25) is 0 Å². The van der Waals surface area contributed by atoms with Crippen LogP contribution in [-0.2, 0) is 17.5 Å². The summed E-state index contributed by atoms with van der Waals surface area (Å²) in [5, 5.41) is 8.95. The van der Waals surface area contributed by atoms with E-state index in [0.717, 1.165) is 30.5 Å². The predicted octanol–water partition coefficient (Wildman–Crippen LogP) is 5.00. The minimum Gasteiger partial charge on any atom is -0.496 e. The largest absolute Gasteiger partial charge is 0.496 e. The summed E-state index contributed by atoms with van der Waals surface area (Å²) in [7, 11) is 1.56. The van der Waals surface area contributed by atoms with Gasteiger partial charge in [0, 0.05) is 13.1 Å².